The SMILES string of the molecule is Cc1cccc(N2CCc3ncnc(N4CCOCC4)c3CC2)n1.O=C(O)C(F)(F)F. The van der Waals surface area contributed by atoms with Crippen LogP contribution in [0.25, 0.3) is 0 Å². The Morgan fingerprint density at radius 2 is 1.74 bits per heavy atom. The standard InChI is InChI=1S/C18H23N5O.C2HF3O2/c1-14-3-2-4-17(21-14)22-7-5-15-16(6-8-22)19-13-20-18(15)23-9-11-24-12-10-23;3-2(4,5)1(6)7/h2-4,13H,5-12H2,1H3;(H,6,7). The van der Waals surface area contributed by atoms with Crippen LogP contribution >= 0.6 is 0 Å². The number of carboxylic acids is 1. The third-order valence-electron chi connectivity index (χ3n) is 5.01. The molecule has 31 heavy (non-hydrogen) atoms. The van der Waals surface area contributed by atoms with Crippen molar-refractivity contribution in [2.75, 3.05) is 49.2 Å². The van der Waals surface area contributed by atoms with E-state index in [1.165, 1.54) is 11.3 Å². The van der Waals surface area contributed by atoms with E-state index in [1.807, 2.05) is 13.0 Å². The summed E-state index contributed by atoms with van der Waals surface area (Å²) in [4.78, 5) is 27.4. The van der Waals surface area contributed by atoms with Gasteiger partial charge in [0.1, 0.15) is 18.0 Å². The van der Waals surface area contributed by atoms with Crippen molar-refractivity contribution in [3.8, 4) is 0 Å². The molecule has 4 heterocycles. The molecule has 8 nitrogen and oxygen atoms in total. The quantitative estimate of drug-likeness (QED) is 0.762. The molecule has 0 radical (unpaired) electrons. The average Bonchev–Trinajstić information content (AvgIpc) is 2.97. The fourth-order valence-electron chi connectivity index (χ4n) is 3.49. The summed E-state index contributed by atoms with van der Waals surface area (Å²) in [7, 11) is 0. The number of anilines is 2. The van der Waals surface area contributed by atoms with E-state index in [1.54, 1.807) is 6.33 Å². The van der Waals surface area contributed by atoms with E-state index in [9.17, 15) is 13.2 Å². The Morgan fingerprint density at radius 3 is 2.39 bits per heavy atom. The third-order valence-corrected chi connectivity index (χ3v) is 5.01. The number of carbonyl (C=O) groups is 1. The van der Waals surface area contributed by atoms with Crippen molar-refractivity contribution in [3.63, 3.8) is 0 Å². The molecule has 0 aliphatic carbocycles. The van der Waals surface area contributed by atoms with Gasteiger partial charge in [0, 0.05) is 43.9 Å². The number of hydrogen-bond donors (Lipinski definition) is 1. The molecule has 0 unspecified atom stereocenters. The molecule has 2 aromatic heterocycles. The summed E-state index contributed by atoms with van der Waals surface area (Å²) in [6.07, 6.45) is -1.48. The lowest BCUT2D eigenvalue weighted by atomic mass is 10.1. The summed E-state index contributed by atoms with van der Waals surface area (Å²) in [5.41, 5.74) is 3.54. The molecule has 0 atom stereocenters. The zero-order valence-electron chi connectivity index (χ0n) is 17.1. The minimum absolute atomic E-state index is 0.776. The van der Waals surface area contributed by atoms with Crippen LogP contribution in [0.15, 0.2) is 24.5 Å². The van der Waals surface area contributed by atoms with E-state index in [4.69, 9.17) is 14.6 Å². The number of halogens is 3. The summed E-state index contributed by atoms with van der Waals surface area (Å²) in [6.45, 7) is 7.31. The smallest absolute Gasteiger partial charge is 0.475 e. The molecule has 2 aliphatic rings. The van der Waals surface area contributed by atoms with Crippen molar-refractivity contribution in [1.82, 2.24) is 15.0 Å². The highest BCUT2D eigenvalue weighted by molar-refractivity contribution is 5.73. The van der Waals surface area contributed by atoms with Gasteiger partial charge in [-0.2, -0.15) is 13.2 Å². The Bertz CT molecular complexity index is 904. The van der Waals surface area contributed by atoms with E-state index in [0.29, 0.717) is 0 Å². The Kier molecular flexibility index (Phi) is 7.26. The number of hydrogen-bond acceptors (Lipinski definition) is 7. The second kappa shape index (κ2) is 9.90. The van der Waals surface area contributed by atoms with Crippen LogP contribution in [0.3, 0.4) is 0 Å². The van der Waals surface area contributed by atoms with Gasteiger partial charge in [-0.25, -0.2) is 19.7 Å². The molecule has 4 rings (SSSR count). The fraction of sp³-hybridized carbons (Fsp3) is 0.500. The van der Waals surface area contributed by atoms with Crippen LogP contribution in [-0.4, -0.2) is 71.6 Å². The molecule has 1 saturated heterocycles. The van der Waals surface area contributed by atoms with Crippen LogP contribution < -0.4 is 9.80 Å². The van der Waals surface area contributed by atoms with Crippen molar-refractivity contribution in [2.24, 2.45) is 0 Å². The maximum absolute atomic E-state index is 10.6. The second-order valence-electron chi connectivity index (χ2n) is 7.15. The largest absolute Gasteiger partial charge is 0.490 e. The molecule has 168 valence electrons. The van der Waals surface area contributed by atoms with Crippen LogP contribution in [0.1, 0.15) is 17.0 Å². The Labute approximate surface area is 177 Å². The summed E-state index contributed by atoms with van der Waals surface area (Å²) in [5.74, 6) is -0.599. The first-order valence-corrected chi connectivity index (χ1v) is 9.90. The molecule has 0 spiro atoms. The number of pyridine rings is 1. The van der Waals surface area contributed by atoms with Gasteiger partial charge in [-0.05, 0) is 25.5 Å². The first kappa shape index (κ1) is 22.7. The highest BCUT2D eigenvalue weighted by atomic mass is 19.4. The van der Waals surface area contributed by atoms with Gasteiger partial charge in [0.15, 0.2) is 0 Å². The van der Waals surface area contributed by atoms with E-state index < -0.39 is 12.1 Å². The van der Waals surface area contributed by atoms with Gasteiger partial charge >= 0.3 is 12.1 Å². The number of rotatable bonds is 2. The normalized spacial score (nSPS) is 16.6. The number of ether oxygens (including phenoxy) is 1. The summed E-state index contributed by atoms with van der Waals surface area (Å²) in [5, 5.41) is 7.12. The van der Waals surface area contributed by atoms with Gasteiger partial charge in [0.2, 0.25) is 0 Å². The van der Waals surface area contributed by atoms with Crippen molar-refractivity contribution in [2.45, 2.75) is 25.9 Å². The van der Waals surface area contributed by atoms with Crippen LogP contribution in [0.5, 0.6) is 0 Å². The fourth-order valence-corrected chi connectivity index (χ4v) is 3.49. The first-order chi connectivity index (χ1) is 14.8. The number of aryl methyl sites for hydroxylation is 1. The van der Waals surface area contributed by atoms with E-state index in [0.717, 1.165) is 69.6 Å². The molecule has 0 bridgehead atoms. The monoisotopic (exact) mass is 439 g/mol. The van der Waals surface area contributed by atoms with Gasteiger partial charge in [-0.15, -0.1) is 0 Å². The van der Waals surface area contributed by atoms with Gasteiger partial charge in [0.25, 0.3) is 0 Å². The van der Waals surface area contributed by atoms with Crippen LogP contribution in [-0.2, 0) is 22.4 Å². The number of nitrogens with zero attached hydrogens (tertiary/aromatic N) is 5. The van der Waals surface area contributed by atoms with E-state index >= 15 is 0 Å². The third kappa shape index (κ3) is 6.03. The maximum Gasteiger partial charge on any atom is 0.490 e. The number of fused-ring (bicyclic) bond motifs is 1. The number of aromatic nitrogens is 3. The molecule has 1 fully saturated rings. The second-order valence-corrected chi connectivity index (χ2v) is 7.15. The summed E-state index contributed by atoms with van der Waals surface area (Å²) in [6, 6.07) is 6.21. The summed E-state index contributed by atoms with van der Waals surface area (Å²) < 4.78 is 37.2. The van der Waals surface area contributed by atoms with Crippen LogP contribution in [0.4, 0.5) is 24.8 Å². The molecule has 0 saturated carbocycles. The van der Waals surface area contributed by atoms with Crippen molar-refractivity contribution < 1.29 is 27.8 Å². The lowest BCUT2D eigenvalue weighted by Crippen LogP contribution is -2.37. The van der Waals surface area contributed by atoms with Crippen LogP contribution in [0.2, 0.25) is 0 Å². The molecule has 0 amide bonds. The number of alkyl halides is 3. The van der Waals surface area contributed by atoms with Gasteiger partial charge < -0.3 is 19.6 Å². The zero-order valence-corrected chi connectivity index (χ0v) is 17.1. The number of morpholine rings is 1. The molecule has 11 heteroatoms. The Morgan fingerprint density at radius 1 is 1.06 bits per heavy atom. The molecular weight excluding hydrogens is 415 g/mol. The Hall–Kier alpha value is -2.95. The van der Waals surface area contributed by atoms with Crippen molar-refractivity contribution >= 4 is 17.6 Å². The highest BCUT2D eigenvalue weighted by Crippen LogP contribution is 2.26. The minimum atomic E-state index is -5.08. The Balaban J connectivity index is 0.000000339. The predicted octanol–water partition coefficient (Wildman–Crippen LogP) is 2.26. The summed E-state index contributed by atoms with van der Waals surface area (Å²) >= 11 is 0. The lowest BCUT2D eigenvalue weighted by molar-refractivity contribution is -0.192. The molecule has 2 aromatic rings. The van der Waals surface area contributed by atoms with Gasteiger partial charge in [-0.3, -0.25) is 0 Å². The zero-order chi connectivity index (χ0) is 22.4. The number of carboxylic acid groups (broad SMARTS) is 1. The molecular formula is C20H24F3N5O3. The van der Waals surface area contributed by atoms with Crippen molar-refractivity contribution in [1.29, 1.82) is 0 Å². The molecule has 2 aliphatic heterocycles. The minimum Gasteiger partial charge on any atom is -0.475 e. The molecule has 0 aromatic carbocycles. The van der Waals surface area contributed by atoms with Gasteiger partial charge in [-0.1, -0.05) is 6.07 Å². The predicted molar refractivity (Wildman–Crippen MR) is 107 cm³/mol. The maximum atomic E-state index is 10.6. The average molecular weight is 439 g/mol. The topological polar surface area (TPSA) is 91.7 Å². The van der Waals surface area contributed by atoms with E-state index in [2.05, 4.69) is 36.9 Å². The lowest BCUT2D eigenvalue weighted by Gasteiger charge is -2.29. The van der Waals surface area contributed by atoms with Crippen LogP contribution in [0, 0.1) is 6.92 Å². The molecule has 1 N–H and O–H groups in total. The first-order valence-electron chi connectivity index (χ1n) is 9.90. The van der Waals surface area contributed by atoms with E-state index in [-0.39, 0.29) is 0 Å². The number of aliphatic carboxylic acids is 1. The van der Waals surface area contributed by atoms with Gasteiger partial charge in [0.05, 0.1) is 18.9 Å². The highest BCUT2D eigenvalue weighted by Gasteiger charge is 2.38. The van der Waals surface area contributed by atoms with Crippen molar-refractivity contribution in [3.05, 3.63) is 41.5 Å².